The standard InChI is InChI=1S/C13H23N3/c1-10-5-3-4-6-12(10)7-14-8-13-11(2)15-9-16-13/h9-10,12,14H,3-8H2,1-2H3,(H,15,16). The van der Waals surface area contributed by atoms with Gasteiger partial charge in [0.25, 0.3) is 0 Å². The van der Waals surface area contributed by atoms with Crippen LogP contribution in [0.4, 0.5) is 0 Å². The van der Waals surface area contributed by atoms with Gasteiger partial charge in [-0.25, -0.2) is 4.98 Å². The molecule has 1 aliphatic rings. The zero-order valence-corrected chi connectivity index (χ0v) is 10.4. The molecule has 1 aromatic heterocycles. The van der Waals surface area contributed by atoms with E-state index >= 15 is 0 Å². The summed E-state index contributed by atoms with van der Waals surface area (Å²) < 4.78 is 0. The van der Waals surface area contributed by atoms with E-state index in [9.17, 15) is 0 Å². The Labute approximate surface area is 98.1 Å². The number of nitrogens with zero attached hydrogens (tertiary/aromatic N) is 1. The number of nitrogens with one attached hydrogen (secondary N) is 2. The highest BCUT2D eigenvalue weighted by atomic mass is 14.9. The Morgan fingerprint density at radius 1 is 1.44 bits per heavy atom. The van der Waals surface area contributed by atoms with Gasteiger partial charge in [-0.2, -0.15) is 0 Å². The molecule has 2 rings (SSSR count). The highest BCUT2D eigenvalue weighted by Crippen LogP contribution is 2.28. The monoisotopic (exact) mass is 221 g/mol. The van der Waals surface area contributed by atoms with Crippen molar-refractivity contribution in [2.75, 3.05) is 6.54 Å². The van der Waals surface area contributed by atoms with Gasteiger partial charge in [0.1, 0.15) is 0 Å². The van der Waals surface area contributed by atoms with Crippen LogP contribution in [0.15, 0.2) is 6.33 Å². The topological polar surface area (TPSA) is 40.7 Å². The predicted octanol–water partition coefficient (Wildman–Crippen LogP) is 2.63. The van der Waals surface area contributed by atoms with Crippen LogP contribution in [0.25, 0.3) is 0 Å². The van der Waals surface area contributed by atoms with Gasteiger partial charge in [0, 0.05) is 12.2 Å². The fraction of sp³-hybridized carbons (Fsp3) is 0.769. The second-order valence-electron chi connectivity index (χ2n) is 5.13. The number of aromatic nitrogens is 2. The maximum absolute atomic E-state index is 4.30. The van der Waals surface area contributed by atoms with E-state index in [0.29, 0.717) is 0 Å². The highest BCUT2D eigenvalue weighted by molar-refractivity contribution is 5.07. The molecule has 0 radical (unpaired) electrons. The maximum atomic E-state index is 4.30. The van der Waals surface area contributed by atoms with Gasteiger partial charge in [0.05, 0.1) is 12.0 Å². The van der Waals surface area contributed by atoms with Crippen molar-refractivity contribution in [3.63, 3.8) is 0 Å². The van der Waals surface area contributed by atoms with Gasteiger partial charge >= 0.3 is 0 Å². The van der Waals surface area contributed by atoms with E-state index in [-0.39, 0.29) is 0 Å². The minimum atomic E-state index is 0.869. The Kier molecular flexibility index (Phi) is 3.99. The van der Waals surface area contributed by atoms with E-state index in [0.717, 1.165) is 30.6 Å². The molecule has 1 fully saturated rings. The lowest BCUT2D eigenvalue weighted by atomic mass is 9.80. The Bertz CT molecular complexity index is 319. The van der Waals surface area contributed by atoms with E-state index in [1.165, 1.54) is 31.4 Å². The van der Waals surface area contributed by atoms with E-state index in [1.807, 2.05) is 0 Å². The zero-order chi connectivity index (χ0) is 11.4. The van der Waals surface area contributed by atoms with E-state index in [2.05, 4.69) is 29.1 Å². The summed E-state index contributed by atoms with van der Waals surface area (Å²) in [6.45, 7) is 6.52. The van der Waals surface area contributed by atoms with Crippen molar-refractivity contribution in [1.29, 1.82) is 0 Å². The molecular weight excluding hydrogens is 198 g/mol. The summed E-state index contributed by atoms with van der Waals surface area (Å²) in [6.07, 6.45) is 7.42. The SMILES string of the molecule is Cc1[nH]cnc1CNCC1CCCCC1C. The molecule has 2 unspecified atom stereocenters. The van der Waals surface area contributed by atoms with E-state index < -0.39 is 0 Å². The number of H-pyrrole nitrogens is 1. The number of hydrogen-bond acceptors (Lipinski definition) is 2. The van der Waals surface area contributed by atoms with Crippen molar-refractivity contribution in [2.24, 2.45) is 11.8 Å². The molecule has 90 valence electrons. The summed E-state index contributed by atoms with van der Waals surface area (Å²) in [7, 11) is 0. The lowest BCUT2D eigenvalue weighted by molar-refractivity contribution is 0.247. The van der Waals surface area contributed by atoms with Crippen LogP contribution in [0.1, 0.15) is 44.0 Å². The Balaban J connectivity index is 1.73. The lowest BCUT2D eigenvalue weighted by Crippen LogP contribution is -2.29. The van der Waals surface area contributed by atoms with Crippen molar-refractivity contribution in [3.05, 3.63) is 17.7 Å². The van der Waals surface area contributed by atoms with Crippen LogP contribution in [0.3, 0.4) is 0 Å². The minimum absolute atomic E-state index is 0.869. The molecule has 0 aromatic carbocycles. The maximum Gasteiger partial charge on any atom is 0.0925 e. The quantitative estimate of drug-likeness (QED) is 0.820. The summed E-state index contributed by atoms with van der Waals surface area (Å²) in [4.78, 5) is 7.41. The molecule has 3 nitrogen and oxygen atoms in total. The first kappa shape index (κ1) is 11.6. The summed E-state index contributed by atoms with van der Waals surface area (Å²) in [5.41, 5.74) is 2.34. The van der Waals surface area contributed by atoms with Gasteiger partial charge in [0.2, 0.25) is 0 Å². The molecule has 1 heterocycles. The van der Waals surface area contributed by atoms with Crippen molar-refractivity contribution in [2.45, 2.75) is 46.1 Å². The first-order valence-corrected chi connectivity index (χ1v) is 6.47. The molecule has 0 aliphatic heterocycles. The molecule has 2 atom stereocenters. The second-order valence-corrected chi connectivity index (χ2v) is 5.13. The molecule has 0 saturated heterocycles. The average Bonchev–Trinajstić information content (AvgIpc) is 2.67. The predicted molar refractivity (Wildman–Crippen MR) is 66.2 cm³/mol. The average molecular weight is 221 g/mol. The fourth-order valence-corrected chi connectivity index (χ4v) is 2.64. The normalized spacial score (nSPS) is 25.9. The highest BCUT2D eigenvalue weighted by Gasteiger charge is 2.20. The van der Waals surface area contributed by atoms with Crippen molar-refractivity contribution in [3.8, 4) is 0 Å². The smallest absolute Gasteiger partial charge is 0.0925 e. The van der Waals surface area contributed by atoms with Gasteiger partial charge in [-0.05, 0) is 31.7 Å². The number of rotatable bonds is 4. The second kappa shape index (κ2) is 5.48. The zero-order valence-electron chi connectivity index (χ0n) is 10.4. The molecule has 16 heavy (non-hydrogen) atoms. The molecule has 0 bridgehead atoms. The van der Waals surface area contributed by atoms with Gasteiger partial charge in [-0.3, -0.25) is 0 Å². The third-order valence-corrected chi connectivity index (χ3v) is 3.92. The van der Waals surface area contributed by atoms with Gasteiger partial charge in [-0.1, -0.05) is 26.2 Å². The fourth-order valence-electron chi connectivity index (χ4n) is 2.64. The van der Waals surface area contributed by atoms with Crippen LogP contribution in [0.5, 0.6) is 0 Å². The number of aromatic amines is 1. The minimum Gasteiger partial charge on any atom is -0.348 e. The van der Waals surface area contributed by atoms with Crippen LogP contribution < -0.4 is 5.32 Å². The molecular formula is C13H23N3. The number of hydrogen-bond donors (Lipinski definition) is 2. The van der Waals surface area contributed by atoms with Crippen LogP contribution in [-0.4, -0.2) is 16.5 Å². The molecule has 3 heteroatoms. The van der Waals surface area contributed by atoms with Crippen molar-refractivity contribution in [1.82, 2.24) is 15.3 Å². The molecule has 2 N–H and O–H groups in total. The first-order chi connectivity index (χ1) is 7.77. The Hall–Kier alpha value is -0.830. The number of imidazole rings is 1. The van der Waals surface area contributed by atoms with Gasteiger partial charge in [-0.15, -0.1) is 0 Å². The molecule has 0 spiro atoms. The first-order valence-electron chi connectivity index (χ1n) is 6.47. The molecule has 1 saturated carbocycles. The van der Waals surface area contributed by atoms with E-state index in [1.54, 1.807) is 6.33 Å². The third-order valence-electron chi connectivity index (χ3n) is 3.92. The van der Waals surface area contributed by atoms with Crippen LogP contribution in [0.2, 0.25) is 0 Å². The molecule has 0 amide bonds. The summed E-state index contributed by atoms with van der Waals surface area (Å²) in [5.74, 6) is 1.76. The van der Waals surface area contributed by atoms with E-state index in [4.69, 9.17) is 0 Å². The molecule has 1 aromatic rings. The Morgan fingerprint density at radius 2 is 2.25 bits per heavy atom. The van der Waals surface area contributed by atoms with Gasteiger partial charge < -0.3 is 10.3 Å². The third kappa shape index (κ3) is 2.85. The lowest BCUT2D eigenvalue weighted by Gasteiger charge is -2.28. The van der Waals surface area contributed by atoms with Gasteiger partial charge in [0.15, 0.2) is 0 Å². The molecule has 1 aliphatic carbocycles. The Morgan fingerprint density at radius 3 is 2.94 bits per heavy atom. The van der Waals surface area contributed by atoms with Crippen LogP contribution in [0, 0.1) is 18.8 Å². The van der Waals surface area contributed by atoms with Crippen molar-refractivity contribution >= 4 is 0 Å². The van der Waals surface area contributed by atoms with Crippen molar-refractivity contribution < 1.29 is 0 Å². The number of aryl methyl sites for hydroxylation is 1. The summed E-state index contributed by atoms with van der Waals surface area (Å²) in [6, 6.07) is 0. The van der Waals surface area contributed by atoms with Crippen LogP contribution in [-0.2, 0) is 6.54 Å². The summed E-state index contributed by atoms with van der Waals surface area (Å²) in [5, 5.41) is 3.55. The van der Waals surface area contributed by atoms with Crippen LogP contribution >= 0.6 is 0 Å². The summed E-state index contributed by atoms with van der Waals surface area (Å²) >= 11 is 0. The largest absolute Gasteiger partial charge is 0.348 e.